The highest BCUT2D eigenvalue weighted by atomic mass is 79.9. The molecule has 0 rings (SSSR count). The third-order valence-corrected chi connectivity index (χ3v) is 4.92. The molecule has 0 aliphatic carbocycles. The maximum atomic E-state index is 11.4. The highest BCUT2D eigenvalue weighted by molar-refractivity contribution is 9.09. The Balaban J connectivity index is 4.50. The Morgan fingerprint density at radius 3 is 2.07 bits per heavy atom. The molecule has 90 valence electrons. The first kappa shape index (κ1) is 15.4. The van der Waals surface area contributed by atoms with Crippen molar-refractivity contribution in [2.45, 2.75) is 18.9 Å². The van der Waals surface area contributed by atoms with Crippen LogP contribution in [0.3, 0.4) is 0 Å². The van der Waals surface area contributed by atoms with Crippen LogP contribution >= 0.6 is 31.9 Å². The van der Waals surface area contributed by atoms with Gasteiger partial charge in [-0.2, -0.15) is 0 Å². The summed E-state index contributed by atoms with van der Waals surface area (Å²) in [5.41, 5.74) is -0.415. The Labute approximate surface area is 107 Å². The second-order valence-electron chi connectivity index (χ2n) is 3.52. The van der Waals surface area contributed by atoms with E-state index >= 15 is 0 Å². The lowest BCUT2D eigenvalue weighted by Gasteiger charge is -2.29. The Morgan fingerprint density at radius 1 is 1.33 bits per heavy atom. The molecule has 7 heteroatoms. The molecule has 0 saturated carbocycles. The maximum Gasteiger partial charge on any atom is 0.235 e. The summed E-state index contributed by atoms with van der Waals surface area (Å²) in [6.07, 6.45) is 1.77. The molecule has 0 aromatic carbocycles. The molecule has 0 aliphatic rings. The highest BCUT2D eigenvalue weighted by Gasteiger charge is 2.28. The molecule has 0 fully saturated rings. The van der Waals surface area contributed by atoms with Crippen LogP contribution < -0.4 is 5.32 Å². The van der Waals surface area contributed by atoms with Gasteiger partial charge in [-0.1, -0.05) is 38.8 Å². The molecule has 4 nitrogen and oxygen atoms in total. The monoisotopic (exact) mass is 363 g/mol. The number of hydrogen-bond donors (Lipinski definition) is 1. The van der Waals surface area contributed by atoms with Gasteiger partial charge in [-0.25, -0.2) is 8.42 Å². The third kappa shape index (κ3) is 5.87. The van der Waals surface area contributed by atoms with Crippen LogP contribution in [0.15, 0.2) is 0 Å². The number of amides is 1. The van der Waals surface area contributed by atoms with E-state index in [0.717, 1.165) is 12.7 Å². The fraction of sp³-hybridized carbons (Fsp3) is 0.875. The minimum Gasteiger partial charge on any atom is -0.348 e. The molecule has 0 atom stereocenters. The molecular formula is C8H15Br2NO3S. The maximum absolute atomic E-state index is 11.4. The fourth-order valence-corrected chi connectivity index (χ4v) is 3.50. The van der Waals surface area contributed by atoms with Crippen molar-refractivity contribution in [1.29, 1.82) is 0 Å². The minimum atomic E-state index is -3.26. The van der Waals surface area contributed by atoms with E-state index in [2.05, 4.69) is 37.2 Å². The van der Waals surface area contributed by atoms with Crippen LogP contribution in [-0.2, 0) is 14.6 Å². The van der Waals surface area contributed by atoms with E-state index in [1.54, 1.807) is 0 Å². The van der Waals surface area contributed by atoms with Crippen LogP contribution in [0.5, 0.6) is 0 Å². The summed E-state index contributed by atoms with van der Waals surface area (Å²) < 4.78 is 21.8. The van der Waals surface area contributed by atoms with Crippen molar-refractivity contribution in [3.8, 4) is 0 Å². The van der Waals surface area contributed by atoms with E-state index in [1.807, 2.05) is 6.92 Å². The van der Waals surface area contributed by atoms with E-state index in [-0.39, 0.29) is 0 Å². The van der Waals surface area contributed by atoms with Crippen LogP contribution in [0.2, 0.25) is 0 Å². The number of rotatable bonds is 6. The summed E-state index contributed by atoms with van der Waals surface area (Å²) in [6.45, 7) is 1.93. The van der Waals surface area contributed by atoms with Crippen molar-refractivity contribution in [3.05, 3.63) is 0 Å². The number of carbonyl (C=O) groups is 1. The molecule has 0 aromatic heterocycles. The number of alkyl halides is 2. The van der Waals surface area contributed by atoms with E-state index in [9.17, 15) is 13.2 Å². The van der Waals surface area contributed by atoms with Gasteiger partial charge >= 0.3 is 0 Å². The number of nitrogens with one attached hydrogen (secondary N) is 1. The summed E-state index contributed by atoms with van der Waals surface area (Å²) >= 11 is 6.61. The van der Waals surface area contributed by atoms with Gasteiger partial charge in [-0.15, -0.1) is 0 Å². The molecule has 0 heterocycles. The number of hydrogen-bond acceptors (Lipinski definition) is 3. The van der Waals surface area contributed by atoms with Gasteiger partial charge in [0.05, 0.1) is 5.54 Å². The minimum absolute atomic E-state index is 0.415. The molecule has 0 spiro atoms. The summed E-state index contributed by atoms with van der Waals surface area (Å²) in [5.74, 6) is -0.923. The average Bonchev–Trinajstić information content (AvgIpc) is 2.11. The Morgan fingerprint density at radius 2 is 1.80 bits per heavy atom. The molecule has 1 amide bonds. The molecule has 0 aliphatic heterocycles. The quantitative estimate of drug-likeness (QED) is 0.717. The molecule has 0 unspecified atom stereocenters. The lowest BCUT2D eigenvalue weighted by molar-refractivity contribution is -0.120. The molecule has 15 heavy (non-hydrogen) atoms. The predicted molar refractivity (Wildman–Crippen MR) is 68.5 cm³/mol. The van der Waals surface area contributed by atoms with Crippen LogP contribution in [0.25, 0.3) is 0 Å². The Kier molecular flexibility index (Phi) is 6.36. The molecular weight excluding hydrogens is 350 g/mol. The van der Waals surface area contributed by atoms with E-state index in [1.165, 1.54) is 0 Å². The smallest absolute Gasteiger partial charge is 0.235 e. The average molecular weight is 365 g/mol. The van der Waals surface area contributed by atoms with Crippen molar-refractivity contribution in [2.24, 2.45) is 0 Å². The first-order valence-corrected chi connectivity index (χ1v) is 8.69. The normalized spacial score (nSPS) is 12.5. The van der Waals surface area contributed by atoms with Crippen LogP contribution in [0, 0.1) is 0 Å². The van der Waals surface area contributed by atoms with Crippen molar-refractivity contribution in [2.75, 3.05) is 22.7 Å². The number of sulfone groups is 1. The standard InChI is InChI=1S/C8H15Br2NO3S/c1-3-8(5-9,6-10)11-7(12)4-15(2,13)14/h3-6H2,1-2H3,(H,11,12). The second kappa shape index (κ2) is 6.20. The van der Waals surface area contributed by atoms with Crippen LogP contribution in [0.4, 0.5) is 0 Å². The molecule has 1 N–H and O–H groups in total. The number of carbonyl (C=O) groups excluding carboxylic acids is 1. The van der Waals surface area contributed by atoms with E-state index in [4.69, 9.17) is 0 Å². The van der Waals surface area contributed by atoms with Crippen molar-refractivity contribution in [1.82, 2.24) is 5.32 Å². The zero-order valence-corrected chi connectivity index (χ0v) is 12.7. The van der Waals surface area contributed by atoms with E-state index in [0.29, 0.717) is 10.7 Å². The van der Waals surface area contributed by atoms with Gasteiger partial charge in [0.25, 0.3) is 0 Å². The summed E-state index contributed by atoms with van der Waals surface area (Å²) in [6, 6.07) is 0. The van der Waals surface area contributed by atoms with Gasteiger partial charge < -0.3 is 5.32 Å². The zero-order chi connectivity index (χ0) is 12.1. The third-order valence-electron chi connectivity index (χ3n) is 1.99. The summed E-state index contributed by atoms with van der Waals surface area (Å²) in [5, 5.41) is 3.89. The van der Waals surface area contributed by atoms with Gasteiger partial charge in [-0.05, 0) is 6.42 Å². The zero-order valence-electron chi connectivity index (χ0n) is 8.72. The van der Waals surface area contributed by atoms with Crippen LogP contribution in [0.1, 0.15) is 13.3 Å². The van der Waals surface area contributed by atoms with Gasteiger partial charge in [-0.3, -0.25) is 4.79 Å². The highest BCUT2D eigenvalue weighted by Crippen LogP contribution is 2.16. The van der Waals surface area contributed by atoms with Gasteiger partial charge in [0, 0.05) is 16.9 Å². The second-order valence-corrected chi connectivity index (χ2v) is 6.78. The predicted octanol–water partition coefficient (Wildman–Crippen LogP) is 1.09. The van der Waals surface area contributed by atoms with Crippen molar-refractivity contribution in [3.63, 3.8) is 0 Å². The fourth-order valence-electron chi connectivity index (χ4n) is 0.950. The van der Waals surface area contributed by atoms with Crippen molar-refractivity contribution < 1.29 is 13.2 Å². The SMILES string of the molecule is CCC(CBr)(CBr)NC(=O)CS(C)(=O)=O. The lowest BCUT2D eigenvalue weighted by atomic mass is 10.0. The lowest BCUT2D eigenvalue weighted by Crippen LogP contribution is -2.52. The summed E-state index contributed by atoms with van der Waals surface area (Å²) in [7, 11) is -3.26. The van der Waals surface area contributed by atoms with Gasteiger partial charge in [0.2, 0.25) is 5.91 Å². The first-order chi connectivity index (χ1) is 6.78. The van der Waals surface area contributed by atoms with E-state index < -0.39 is 27.0 Å². The topological polar surface area (TPSA) is 63.2 Å². The summed E-state index contributed by atoms with van der Waals surface area (Å²) in [4.78, 5) is 11.4. The van der Waals surface area contributed by atoms with Gasteiger partial charge in [0.1, 0.15) is 5.75 Å². The first-order valence-electron chi connectivity index (χ1n) is 4.39. The Hall–Kier alpha value is 0.380. The molecule has 0 aromatic rings. The molecule has 0 saturated heterocycles. The number of halogens is 2. The molecule has 0 bridgehead atoms. The molecule has 0 radical (unpaired) electrons. The van der Waals surface area contributed by atoms with Crippen LogP contribution in [-0.4, -0.2) is 42.5 Å². The van der Waals surface area contributed by atoms with Gasteiger partial charge in [0.15, 0.2) is 9.84 Å². The largest absolute Gasteiger partial charge is 0.348 e. The Bertz CT molecular complexity index is 304. The van der Waals surface area contributed by atoms with Crippen molar-refractivity contribution >= 4 is 47.6 Å².